The smallest absolute Gasteiger partial charge is 0.0697 e. The lowest BCUT2D eigenvalue weighted by atomic mass is 9.95. The molecule has 0 bridgehead atoms. The third-order valence-electron chi connectivity index (χ3n) is 1.28. The molecule has 0 saturated heterocycles. The quantitative estimate of drug-likeness (QED) is 0.537. The van der Waals surface area contributed by atoms with Gasteiger partial charge in [0.1, 0.15) is 0 Å². The second-order valence-corrected chi connectivity index (χ2v) is 3.14. The van der Waals surface area contributed by atoms with E-state index in [-0.39, 0.29) is 12.0 Å². The van der Waals surface area contributed by atoms with Crippen molar-refractivity contribution in [3.63, 3.8) is 0 Å². The number of hydrogen-bond donors (Lipinski definition) is 2. The molecule has 0 atom stereocenters. The van der Waals surface area contributed by atoms with Crippen LogP contribution in [0.4, 0.5) is 0 Å². The first kappa shape index (κ1) is 9.88. The molecule has 0 saturated carbocycles. The minimum atomic E-state index is 0.0369. The maximum Gasteiger partial charge on any atom is 0.0697 e. The van der Waals surface area contributed by atoms with Crippen LogP contribution in [0.3, 0.4) is 0 Å². The van der Waals surface area contributed by atoms with Gasteiger partial charge in [-0.2, -0.15) is 0 Å². The van der Waals surface area contributed by atoms with Gasteiger partial charge in [0.15, 0.2) is 0 Å². The van der Waals surface area contributed by atoms with E-state index in [9.17, 15) is 0 Å². The van der Waals surface area contributed by atoms with E-state index in [2.05, 4.69) is 0 Å². The van der Waals surface area contributed by atoms with E-state index in [1.54, 1.807) is 0 Å². The van der Waals surface area contributed by atoms with Crippen molar-refractivity contribution >= 4 is 0 Å². The molecule has 0 fully saturated rings. The monoisotopic (exact) mass is 147 g/mol. The highest BCUT2D eigenvalue weighted by molar-refractivity contribution is 4.67. The van der Waals surface area contributed by atoms with E-state index in [1.807, 2.05) is 13.8 Å². The van der Waals surface area contributed by atoms with Crippen LogP contribution < -0.4 is 5.73 Å². The second-order valence-electron chi connectivity index (χ2n) is 3.14. The van der Waals surface area contributed by atoms with Crippen LogP contribution in [0.5, 0.6) is 0 Å². The van der Waals surface area contributed by atoms with Crippen molar-refractivity contribution in [2.24, 2.45) is 11.1 Å². The topological polar surface area (TPSA) is 55.5 Å². The van der Waals surface area contributed by atoms with Gasteiger partial charge in [-0.25, -0.2) is 0 Å². The Hall–Kier alpha value is -0.120. The van der Waals surface area contributed by atoms with Crippen molar-refractivity contribution in [1.29, 1.82) is 0 Å². The molecule has 10 heavy (non-hydrogen) atoms. The molecule has 3 heteroatoms. The highest BCUT2D eigenvalue weighted by Crippen LogP contribution is 2.11. The highest BCUT2D eigenvalue weighted by Gasteiger charge is 2.14. The third-order valence-corrected chi connectivity index (χ3v) is 1.28. The summed E-state index contributed by atoms with van der Waals surface area (Å²) in [5.74, 6) is 0. The molecule has 0 amide bonds. The largest absolute Gasteiger partial charge is 0.394 e. The lowest BCUT2D eigenvalue weighted by molar-refractivity contribution is 0.0427. The minimum absolute atomic E-state index is 0.0369. The zero-order valence-corrected chi connectivity index (χ0v) is 6.76. The van der Waals surface area contributed by atoms with Crippen LogP contribution in [0.25, 0.3) is 0 Å². The van der Waals surface area contributed by atoms with Crippen LogP contribution in [-0.2, 0) is 4.74 Å². The van der Waals surface area contributed by atoms with Crippen LogP contribution in [0.15, 0.2) is 0 Å². The van der Waals surface area contributed by atoms with E-state index in [0.717, 1.165) is 0 Å². The van der Waals surface area contributed by atoms with Gasteiger partial charge in [-0.3, -0.25) is 0 Å². The maximum atomic E-state index is 8.38. The SMILES string of the molecule is CC(C)(CN)COCCO. The van der Waals surface area contributed by atoms with E-state index in [0.29, 0.717) is 19.8 Å². The number of aliphatic hydroxyl groups is 1. The molecule has 0 radical (unpaired) electrons. The molecule has 0 aromatic heterocycles. The fourth-order valence-electron chi connectivity index (χ4n) is 0.472. The van der Waals surface area contributed by atoms with Gasteiger partial charge in [0, 0.05) is 5.41 Å². The van der Waals surface area contributed by atoms with E-state index < -0.39 is 0 Å². The van der Waals surface area contributed by atoms with Crippen LogP contribution in [-0.4, -0.2) is 31.5 Å². The summed E-state index contributed by atoms with van der Waals surface area (Å²) in [7, 11) is 0. The Labute approximate surface area is 62.2 Å². The molecule has 3 N–H and O–H groups in total. The number of rotatable bonds is 5. The van der Waals surface area contributed by atoms with E-state index in [1.165, 1.54) is 0 Å². The van der Waals surface area contributed by atoms with Crippen LogP contribution in [0, 0.1) is 5.41 Å². The zero-order valence-electron chi connectivity index (χ0n) is 6.76. The summed E-state index contributed by atoms with van der Waals surface area (Å²) in [6, 6.07) is 0. The molecule has 3 nitrogen and oxygen atoms in total. The summed E-state index contributed by atoms with van der Waals surface area (Å²) in [6.45, 7) is 5.78. The van der Waals surface area contributed by atoms with Crippen molar-refractivity contribution in [3.8, 4) is 0 Å². The Morgan fingerprint density at radius 3 is 2.50 bits per heavy atom. The molecule has 62 valence electrons. The van der Waals surface area contributed by atoms with Crippen LogP contribution in [0.2, 0.25) is 0 Å². The van der Waals surface area contributed by atoms with Crippen molar-refractivity contribution in [1.82, 2.24) is 0 Å². The average Bonchev–Trinajstić information content (AvgIpc) is 1.89. The van der Waals surface area contributed by atoms with Gasteiger partial charge in [0.25, 0.3) is 0 Å². The standard InChI is InChI=1S/C7H17NO2/c1-7(2,5-8)6-10-4-3-9/h9H,3-6,8H2,1-2H3. The average molecular weight is 147 g/mol. The molecular weight excluding hydrogens is 130 g/mol. The van der Waals surface area contributed by atoms with Gasteiger partial charge in [0.2, 0.25) is 0 Å². The minimum Gasteiger partial charge on any atom is -0.394 e. The highest BCUT2D eigenvalue weighted by atomic mass is 16.5. The van der Waals surface area contributed by atoms with Crippen LogP contribution in [0.1, 0.15) is 13.8 Å². The lowest BCUT2D eigenvalue weighted by Gasteiger charge is -2.21. The molecule has 0 rings (SSSR count). The summed E-state index contributed by atoms with van der Waals surface area (Å²) in [5, 5.41) is 8.38. The van der Waals surface area contributed by atoms with Gasteiger partial charge in [-0.1, -0.05) is 13.8 Å². The van der Waals surface area contributed by atoms with Crippen molar-refractivity contribution in [3.05, 3.63) is 0 Å². The molecule has 0 aromatic carbocycles. The first-order valence-corrected chi connectivity index (χ1v) is 3.51. The summed E-state index contributed by atoms with van der Waals surface area (Å²) in [4.78, 5) is 0. The number of hydrogen-bond acceptors (Lipinski definition) is 3. The summed E-state index contributed by atoms with van der Waals surface area (Å²) in [6.07, 6.45) is 0. The lowest BCUT2D eigenvalue weighted by Crippen LogP contribution is -2.29. The fraction of sp³-hybridized carbons (Fsp3) is 1.00. The van der Waals surface area contributed by atoms with Gasteiger partial charge in [-0.05, 0) is 6.54 Å². The molecule has 0 aliphatic carbocycles. The van der Waals surface area contributed by atoms with Crippen molar-refractivity contribution < 1.29 is 9.84 Å². The normalized spacial score (nSPS) is 12.0. The molecule has 0 aromatic rings. The van der Waals surface area contributed by atoms with Gasteiger partial charge in [-0.15, -0.1) is 0 Å². The number of aliphatic hydroxyl groups excluding tert-OH is 1. The summed E-state index contributed by atoms with van der Waals surface area (Å²) >= 11 is 0. The van der Waals surface area contributed by atoms with E-state index in [4.69, 9.17) is 15.6 Å². The van der Waals surface area contributed by atoms with Gasteiger partial charge in [0.05, 0.1) is 19.8 Å². The Bertz CT molecular complexity index is 83.7. The van der Waals surface area contributed by atoms with Gasteiger partial charge >= 0.3 is 0 Å². The number of ether oxygens (including phenoxy) is 1. The first-order valence-electron chi connectivity index (χ1n) is 3.51. The maximum absolute atomic E-state index is 8.38. The predicted molar refractivity (Wildman–Crippen MR) is 40.7 cm³/mol. The molecule has 0 unspecified atom stereocenters. The molecule has 0 heterocycles. The van der Waals surface area contributed by atoms with Gasteiger partial charge < -0.3 is 15.6 Å². The number of nitrogens with two attached hydrogens (primary N) is 1. The second kappa shape index (κ2) is 4.66. The fourth-order valence-corrected chi connectivity index (χ4v) is 0.472. The molecule has 0 aliphatic heterocycles. The van der Waals surface area contributed by atoms with Crippen molar-refractivity contribution in [2.75, 3.05) is 26.4 Å². The Morgan fingerprint density at radius 2 is 2.10 bits per heavy atom. The van der Waals surface area contributed by atoms with Crippen molar-refractivity contribution in [2.45, 2.75) is 13.8 Å². The third kappa shape index (κ3) is 4.73. The molecule has 0 aliphatic rings. The van der Waals surface area contributed by atoms with Crippen LogP contribution >= 0.6 is 0 Å². The Kier molecular flexibility index (Phi) is 4.60. The van der Waals surface area contributed by atoms with E-state index >= 15 is 0 Å². The summed E-state index contributed by atoms with van der Waals surface area (Å²) < 4.78 is 5.11. The zero-order chi connectivity index (χ0) is 8.04. The Morgan fingerprint density at radius 1 is 1.50 bits per heavy atom. The summed E-state index contributed by atoms with van der Waals surface area (Å²) in [5.41, 5.74) is 5.48. The first-order chi connectivity index (χ1) is 4.62. The Balaban J connectivity index is 3.28. The molecular formula is C7H17NO2. The predicted octanol–water partition coefficient (Wildman–Crippen LogP) is -0.0198. The molecule has 0 spiro atoms.